The number of methoxy groups -OCH3 is 4. The van der Waals surface area contributed by atoms with Gasteiger partial charge in [-0.3, -0.25) is 9.97 Å². The van der Waals surface area contributed by atoms with Crippen LogP contribution in [-0.4, -0.2) is 74.2 Å². The van der Waals surface area contributed by atoms with Crippen molar-refractivity contribution in [3.8, 4) is 45.3 Å². The summed E-state index contributed by atoms with van der Waals surface area (Å²) in [5.74, 6) is 2.65. The number of pyridine rings is 4. The van der Waals surface area contributed by atoms with Gasteiger partial charge in [0.05, 0.1) is 39.5 Å². The molecule has 6 aromatic heterocycles. The number of hydrogen-bond donors (Lipinski definition) is 1. The Labute approximate surface area is 378 Å². The zero-order valence-corrected chi connectivity index (χ0v) is 37.6. The number of aromatic nitrogens is 6. The van der Waals surface area contributed by atoms with Gasteiger partial charge in [0.1, 0.15) is 15.4 Å². The molecule has 328 valence electrons. The van der Waals surface area contributed by atoms with Crippen molar-refractivity contribution >= 4 is 73.6 Å². The van der Waals surface area contributed by atoms with Gasteiger partial charge in [0.2, 0.25) is 0 Å². The molecule has 0 aliphatic carbocycles. The van der Waals surface area contributed by atoms with Crippen LogP contribution >= 0.6 is 10.7 Å². The van der Waals surface area contributed by atoms with Crippen molar-refractivity contribution in [2.75, 3.05) is 28.4 Å². The van der Waals surface area contributed by atoms with Crippen LogP contribution < -0.4 is 18.9 Å². The summed E-state index contributed by atoms with van der Waals surface area (Å²) in [6.45, 7) is 0. The third kappa shape index (κ3) is 8.87. The van der Waals surface area contributed by atoms with Gasteiger partial charge in [0, 0.05) is 69.4 Å². The molecule has 0 radical (unpaired) electrons. The van der Waals surface area contributed by atoms with E-state index in [4.69, 9.17) is 29.6 Å². The van der Waals surface area contributed by atoms with E-state index in [1.807, 2.05) is 72.9 Å². The molecule has 0 aliphatic heterocycles. The van der Waals surface area contributed by atoms with Crippen molar-refractivity contribution in [3.63, 3.8) is 0 Å². The van der Waals surface area contributed by atoms with E-state index in [1.54, 1.807) is 95.6 Å². The third-order valence-electron chi connectivity index (χ3n) is 10.4. The van der Waals surface area contributed by atoms with E-state index in [-0.39, 0.29) is 9.79 Å². The number of benzene rings is 4. The van der Waals surface area contributed by atoms with E-state index >= 15 is 0 Å². The summed E-state index contributed by atoms with van der Waals surface area (Å²) in [6.07, 6.45) is 9.93. The van der Waals surface area contributed by atoms with E-state index in [0.29, 0.717) is 33.6 Å². The van der Waals surface area contributed by atoms with Gasteiger partial charge in [0.25, 0.3) is 19.1 Å². The second-order valence-corrected chi connectivity index (χ2v) is 18.4. The summed E-state index contributed by atoms with van der Waals surface area (Å²) in [6, 6.07) is 36.2. The average molecular weight is 927 g/mol. The van der Waals surface area contributed by atoms with E-state index in [2.05, 4.69) is 24.9 Å². The van der Waals surface area contributed by atoms with Crippen molar-refractivity contribution in [3.05, 3.63) is 159 Å². The summed E-state index contributed by atoms with van der Waals surface area (Å²) >= 11 is 0. The average Bonchev–Trinajstić information content (AvgIpc) is 4.02. The number of nitrogens with zero attached hydrogens (tertiary/aromatic N) is 5. The number of rotatable bonds is 9. The molecule has 0 unspecified atom stereocenters. The van der Waals surface area contributed by atoms with Crippen LogP contribution in [0.15, 0.2) is 168 Å². The van der Waals surface area contributed by atoms with Gasteiger partial charge in [-0.1, -0.05) is 48.5 Å². The Morgan fingerprint density at radius 1 is 0.523 bits per heavy atom. The standard InChI is InChI=1S/C24H19N3O4S.C15H14N2O2.C9H6ClNO2S/c1-30-20-9-8-17(15-21(20)31-2)18-10-13-26-24-19(18)11-14-27(24)32(28,29)22-7-3-5-16-6-4-12-25-23(16)22;1-18-13-4-3-10(9-14(13)19-2)11-5-7-16-15-12(11)6-8-17-15;10-14(12,13)8-5-1-3-7-4-2-6-11-9(7)8/h3-15H,1-2H3;3-9H,1-2H3,(H,16,17);1-6H. The van der Waals surface area contributed by atoms with E-state index < -0.39 is 19.1 Å². The molecule has 65 heavy (non-hydrogen) atoms. The highest BCUT2D eigenvalue weighted by Crippen LogP contribution is 2.37. The van der Waals surface area contributed by atoms with Crippen LogP contribution in [0, 0.1) is 0 Å². The second kappa shape index (κ2) is 18.7. The molecule has 0 saturated carbocycles. The van der Waals surface area contributed by atoms with Crippen LogP contribution in [-0.2, 0) is 19.1 Å². The predicted octanol–water partition coefficient (Wildman–Crippen LogP) is 9.92. The Bertz CT molecular complexity index is 3570. The minimum Gasteiger partial charge on any atom is -0.493 e. The Hall–Kier alpha value is -7.53. The normalized spacial score (nSPS) is 11.4. The molecule has 0 bridgehead atoms. The second-order valence-electron chi connectivity index (χ2n) is 14.1. The number of fused-ring (bicyclic) bond motifs is 4. The first-order valence-corrected chi connectivity index (χ1v) is 23.4. The number of halogens is 1. The first-order chi connectivity index (χ1) is 31.5. The molecule has 14 nitrogen and oxygen atoms in total. The van der Waals surface area contributed by atoms with Crippen LogP contribution in [0.2, 0.25) is 0 Å². The molecule has 0 aliphatic rings. The van der Waals surface area contributed by atoms with Crippen molar-refractivity contribution in [1.82, 2.24) is 28.9 Å². The van der Waals surface area contributed by atoms with E-state index in [1.165, 1.54) is 22.4 Å². The fourth-order valence-corrected chi connectivity index (χ4v) is 9.83. The summed E-state index contributed by atoms with van der Waals surface area (Å²) in [7, 11) is 4.05. The lowest BCUT2D eigenvalue weighted by Gasteiger charge is -2.11. The summed E-state index contributed by atoms with van der Waals surface area (Å²) in [5.41, 5.74) is 5.94. The van der Waals surface area contributed by atoms with E-state index in [0.717, 1.165) is 55.6 Å². The molecule has 0 spiro atoms. The summed E-state index contributed by atoms with van der Waals surface area (Å²) < 4.78 is 72.1. The molecule has 4 aromatic carbocycles. The Kier molecular flexibility index (Phi) is 12.7. The van der Waals surface area contributed by atoms with Gasteiger partial charge in [-0.15, -0.1) is 0 Å². The predicted molar refractivity (Wildman–Crippen MR) is 252 cm³/mol. The molecule has 1 N–H and O–H groups in total. The lowest BCUT2D eigenvalue weighted by molar-refractivity contribution is 0.355. The van der Waals surface area contributed by atoms with Crippen LogP contribution in [0.25, 0.3) is 66.1 Å². The topological polar surface area (TPSA) is 177 Å². The smallest absolute Gasteiger partial charge is 0.271 e. The van der Waals surface area contributed by atoms with E-state index in [9.17, 15) is 16.8 Å². The van der Waals surface area contributed by atoms with Crippen LogP contribution in [0.1, 0.15) is 0 Å². The molecule has 17 heteroatoms. The first kappa shape index (κ1) is 44.1. The highest BCUT2D eigenvalue weighted by molar-refractivity contribution is 8.14. The van der Waals surface area contributed by atoms with Crippen LogP contribution in [0.3, 0.4) is 0 Å². The third-order valence-corrected chi connectivity index (χ3v) is 13.4. The number of H-pyrrole nitrogens is 1. The molecule has 6 heterocycles. The van der Waals surface area contributed by atoms with Gasteiger partial charge < -0.3 is 23.9 Å². The molecule has 10 aromatic rings. The fourth-order valence-electron chi connectivity index (χ4n) is 7.34. The van der Waals surface area contributed by atoms with Crippen molar-refractivity contribution < 1.29 is 35.8 Å². The maximum absolute atomic E-state index is 13.6. The van der Waals surface area contributed by atoms with Gasteiger partial charge in [-0.05, 0) is 95.1 Å². The summed E-state index contributed by atoms with van der Waals surface area (Å²) in [5, 5.41) is 3.31. The molecule has 0 fully saturated rings. The molecular weight excluding hydrogens is 888 g/mol. The lowest BCUT2D eigenvalue weighted by atomic mass is 10.0. The Balaban J connectivity index is 0.000000147. The molecule has 0 saturated heterocycles. The molecule has 0 atom stereocenters. The number of aromatic amines is 1. The zero-order chi connectivity index (χ0) is 45.7. The molecule has 0 amide bonds. The molecule has 10 rings (SSSR count). The largest absolute Gasteiger partial charge is 0.493 e. The number of ether oxygens (including phenoxy) is 4. The van der Waals surface area contributed by atoms with Gasteiger partial charge in [-0.2, -0.15) is 0 Å². The monoisotopic (exact) mass is 926 g/mol. The Morgan fingerprint density at radius 3 is 1.62 bits per heavy atom. The van der Waals surface area contributed by atoms with Gasteiger partial charge >= 0.3 is 0 Å². The van der Waals surface area contributed by atoms with Gasteiger partial charge in [0.15, 0.2) is 28.6 Å². The highest BCUT2D eigenvalue weighted by atomic mass is 35.7. The van der Waals surface area contributed by atoms with Crippen molar-refractivity contribution in [1.29, 1.82) is 0 Å². The highest BCUT2D eigenvalue weighted by Gasteiger charge is 2.24. The quantitative estimate of drug-likeness (QED) is 0.136. The van der Waals surface area contributed by atoms with Crippen molar-refractivity contribution in [2.24, 2.45) is 0 Å². The maximum Gasteiger partial charge on any atom is 0.271 e. The molecular formula is C48H39ClN6O8S2. The SMILES string of the molecule is COc1ccc(-c2ccnc3[nH]ccc23)cc1OC.COc1ccc(-c2ccnc3c2ccn3S(=O)(=O)c2cccc3cccnc23)cc1OC.O=S(=O)(Cl)c1cccc2cccnc12. The minimum absolute atomic E-state index is 0.0530. The maximum atomic E-state index is 13.6. The minimum atomic E-state index is -3.92. The van der Waals surface area contributed by atoms with Crippen LogP contribution in [0.5, 0.6) is 23.0 Å². The van der Waals surface area contributed by atoms with Crippen molar-refractivity contribution in [2.45, 2.75) is 9.79 Å². The lowest BCUT2D eigenvalue weighted by Crippen LogP contribution is -2.13. The zero-order valence-electron chi connectivity index (χ0n) is 35.2. The number of hydrogen-bond acceptors (Lipinski definition) is 12. The van der Waals surface area contributed by atoms with Crippen LogP contribution in [0.4, 0.5) is 0 Å². The number of nitrogens with one attached hydrogen (secondary N) is 1. The Morgan fingerprint density at radius 2 is 1.05 bits per heavy atom. The first-order valence-electron chi connectivity index (χ1n) is 19.7. The fraction of sp³-hybridized carbons (Fsp3) is 0.0833. The number of para-hydroxylation sites is 2. The summed E-state index contributed by atoms with van der Waals surface area (Å²) in [4.78, 5) is 20.3. The van der Waals surface area contributed by atoms with Gasteiger partial charge in [-0.25, -0.2) is 30.8 Å².